The fraction of sp³-hybridized carbons (Fsp3) is 0.500. The molecule has 110 valence electrons. The number of nitrogens with zero attached hydrogens (tertiary/aromatic N) is 1. The van der Waals surface area contributed by atoms with Crippen LogP contribution in [0.2, 0.25) is 0 Å². The van der Waals surface area contributed by atoms with E-state index >= 15 is 0 Å². The quantitative estimate of drug-likeness (QED) is 0.902. The molecule has 1 aromatic carbocycles. The number of benzene rings is 1. The normalized spacial score (nSPS) is 12.0. The molecule has 20 heavy (non-hydrogen) atoms. The number of rotatable bonds is 5. The number of aryl methyl sites for hydroxylation is 2. The highest BCUT2D eigenvalue weighted by Crippen LogP contribution is 2.26. The highest BCUT2D eigenvalue weighted by molar-refractivity contribution is 7.89. The summed E-state index contributed by atoms with van der Waals surface area (Å²) in [5, 5.41) is 14.1. The van der Waals surface area contributed by atoms with Crippen molar-refractivity contribution in [2.75, 3.05) is 6.61 Å². The van der Waals surface area contributed by atoms with Gasteiger partial charge < -0.3 is 4.74 Å². The first-order valence-electron chi connectivity index (χ1n) is 6.25. The Bertz CT molecular complexity index is 643. The van der Waals surface area contributed by atoms with Gasteiger partial charge in [-0.2, -0.15) is 5.26 Å². The van der Waals surface area contributed by atoms with Crippen molar-refractivity contribution in [2.24, 2.45) is 10.6 Å². The molecule has 2 N–H and O–H groups in total. The summed E-state index contributed by atoms with van der Waals surface area (Å²) in [4.78, 5) is 0.111. The molecule has 0 aliphatic rings. The Balaban J connectivity index is 2.90. The largest absolute Gasteiger partial charge is 0.493 e. The van der Waals surface area contributed by atoms with E-state index in [4.69, 9.17) is 15.1 Å². The van der Waals surface area contributed by atoms with Crippen molar-refractivity contribution in [3.63, 3.8) is 0 Å². The standard InChI is InChI=1S/C14H20N2O3S/c1-10-8-13(20(16,17)18)11(2)7-12(10)19-6-5-14(3,4)9-15/h7-8H,5-6H2,1-4H3,(H2,16,17,18). The van der Waals surface area contributed by atoms with Gasteiger partial charge in [0, 0.05) is 0 Å². The maximum atomic E-state index is 11.4. The molecule has 5 nitrogen and oxygen atoms in total. The van der Waals surface area contributed by atoms with Crippen molar-refractivity contribution in [3.8, 4) is 11.8 Å². The van der Waals surface area contributed by atoms with Crippen LogP contribution in [0.4, 0.5) is 0 Å². The van der Waals surface area contributed by atoms with Gasteiger partial charge in [0.25, 0.3) is 0 Å². The van der Waals surface area contributed by atoms with Gasteiger partial charge in [0.15, 0.2) is 0 Å². The van der Waals surface area contributed by atoms with Crippen molar-refractivity contribution >= 4 is 10.0 Å². The van der Waals surface area contributed by atoms with E-state index in [0.29, 0.717) is 29.9 Å². The van der Waals surface area contributed by atoms with Crippen molar-refractivity contribution in [2.45, 2.75) is 39.0 Å². The van der Waals surface area contributed by atoms with Gasteiger partial charge in [-0.25, -0.2) is 13.6 Å². The third-order valence-electron chi connectivity index (χ3n) is 3.07. The van der Waals surface area contributed by atoms with Crippen LogP contribution in [0, 0.1) is 30.6 Å². The lowest BCUT2D eigenvalue weighted by atomic mass is 9.92. The van der Waals surface area contributed by atoms with Crippen LogP contribution in [0.3, 0.4) is 0 Å². The molecule has 0 bridgehead atoms. The maximum absolute atomic E-state index is 11.4. The predicted molar refractivity (Wildman–Crippen MR) is 76.8 cm³/mol. The topological polar surface area (TPSA) is 93.2 Å². The number of nitriles is 1. The molecule has 0 aromatic heterocycles. The van der Waals surface area contributed by atoms with E-state index in [-0.39, 0.29) is 4.90 Å². The summed E-state index contributed by atoms with van der Waals surface area (Å²) in [6, 6.07) is 5.38. The second-order valence-electron chi connectivity index (χ2n) is 5.52. The average molecular weight is 296 g/mol. The second kappa shape index (κ2) is 5.81. The minimum absolute atomic E-state index is 0.111. The number of hydrogen-bond donors (Lipinski definition) is 1. The summed E-state index contributed by atoms with van der Waals surface area (Å²) in [6.45, 7) is 7.52. The van der Waals surface area contributed by atoms with Crippen LogP contribution in [-0.4, -0.2) is 15.0 Å². The summed E-state index contributed by atoms with van der Waals surface area (Å²) < 4.78 is 28.4. The fourth-order valence-corrected chi connectivity index (χ4v) is 2.55. The Morgan fingerprint density at radius 3 is 2.40 bits per heavy atom. The molecule has 0 spiro atoms. The molecule has 1 rings (SSSR count). The molecule has 0 atom stereocenters. The van der Waals surface area contributed by atoms with Gasteiger partial charge in [0.05, 0.1) is 23.0 Å². The summed E-state index contributed by atoms with van der Waals surface area (Å²) in [5.41, 5.74) is 0.811. The SMILES string of the molecule is Cc1cc(S(N)(=O)=O)c(C)cc1OCCC(C)(C)C#N. The third kappa shape index (κ3) is 4.22. The third-order valence-corrected chi connectivity index (χ3v) is 4.12. The Morgan fingerprint density at radius 1 is 1.30 bits per heavy atom. The Kier molecular flexibility index (Phi) is 4.79. The summed E-state index contributed by atoms with van der Waals surface area (Å²) in [5.74, 6) is 0.614. The molecular formula is C14H20N2O3S. The van der Waals surface area contributed by atoms with E-state index in [0.717, 1.165) is 0 Å². The molecule has 0 fully saturated rings. The van der Waals surface area contributed by atoms with Crippen LogP contribution in [0.1, 0.15) is 31.4 Å². The Hall–Kier alpha value is -1.58. The monoisotopic (exact) mass is 296 g/mol. The number of primary sulfonamides is 1. The summed E-state index contributed by atoms with van der Waals surface area (Å²) >= 11 is 0. The van der Waals surface area contributed by atoms with Crippen LogP contribution in [0.25, 0.3) is 0 Å². The first kappa shape index (κ1) is 16.5. The summed E-state index contributed by atoms with van der Waals surface area (Å²) in [7, 11) is -3.72. The Labute approximate surface area is 120 Å². The molecule has 0 unspecified atom stereocenters. The predicted octanol–water partition coefficient (Wildman–Crippen LogP) is 2.27. The van der Waals surface area contributed by atoms with Crippen LogP contribution < -0.4 is 9.88 Å². The lowest BCUT2D eigenvalue weighted by Crippen LogP contribution is -2.15. The van der Waals surface area contributed by atoms with Crippen LogP contribution in [-0.2, 0) is 10.0 Å². The van der Waals surface area contributed by atoms with Gasteiger partial charge in [-0.3, -0.25) is 0 Å². The van der Waals surface area contributed by atoms with Crippen LogP contribution in [0.5, 0.6) is 5.75 Å². The summed E-state index contributed by atoms with van der Waals surface area (Å²) in [6.07, 6.45) is 0.596. The highest BCUT2D eigenvalue weighted by Gasteiger charge is 2.18. The van der Waals surface area contributed by atoms with Crippen molar-refractivity contribution < 1.29 is 13.2 Å². The van der Waals surface area contributed by atoms with E-state index in [1.807, 2.05) is 13.8 Å². The van der Waals surface area contributed by atoms with E-state index in [1.165, 1.54) is 6.07 Å². The van der Waals surface area contributed by atoms with Gasteiger partial charge in [-0.05, 0) is 57.4 Å². The zero-order chi connectivity index (χ0) is 15.6. The van der Waals surface area contributed by atoms with Crippen molar-refractivity contribution in [1.82, 2.24) is 0 Å². The van der Waals surface area contributed by atoms with Gasteiger partial charge in [-0.15, -0.1) is 0 Å². The molecule has 0 saturated heterocycles. The highest BCUT2D eigenvalue weighted by atomic mass is 32.2. The van der Waals surface area contributed by atoms with Crippen LogP contribution in [0.15, 0.2) is 17.0 Å². The maximum Gasteiger partial charge on any atom is 0.238 e. The number of sulfonamides is 1. The zero-order valence-electron chi connectivity index (χ0n) is 12.2. The minimum Gasteiger partial charge on any atom is -0.493 e. The molecule has 0 aliphatic heterocycles. The minimum atomic E-state index is -3.72. The van der Waals surface area contributed by atoms with Gasteiger partial charge in [0.2, 0.25) is 10.0 Å². The molecule has 0 aliphatic carbocycles. The van der Waals surface area contributed by atoms with Gasteiger partial charge in [0.1, 0.15) is 5.75 Å². The first-order valence-corrected chi connectivity index (χ1v) is 7.79. The zero-order valence-corrected chi connectivity index (χ0v) is 13.0. The first-order chi connectivity index (χ1) is 9.07. The van der Waals surface area contributed by atoms with Crippen molar-refractivity contribution in [1.29, 1.82) is 5.26 Å². The fourth-order valence-electron chi connectivity index (χ4n) is 1.70. The number of ether oxygens (including phenoxy) is 1. The lowest BCUT2D eigenvalue weighted by molar-refractivity contribution is 0.263. The molecular weight excluding hydrogens is 276 g/mol. The Morgan fingerprint density at radius 2 is 1.90 bits per heavy atom. The molecule has 0 radical (unpaired) electrons. The van der Waals surface area contributed by atoms with E-state index in [1.54, 1.807) is 19.9 Å². The molecule has 0 heterocycles. The van der Waals surface area contributed by atoms with Gasteiger partial charge >= 0.3 is 0 Å². The molecule has 0 saturated carbocycles. The molecule has 0 amide bonds. The van der Waals surface area contributed by atoms with E-state index in [2.05, 4.69) is 6.07 Å². The number of hydrogen-bond acceptors (Lipinski definition) is 4. The average Bonchev–Trinajstić information content (AvgIpc) is 2.31. The van der Waals surface area contributed by atoms with E-state index in [9.17, 15) is 8.42 Å². The molecule has 1 aromatic rings. The lowest BCUT2D eigenvalue weighted by Gasteiger charge is -2.17. The van der Waals surface area contributed by atoms with Gasteiger partial charge in [-0.1, -0.05) is 0 Å². The van der Waals surface area contributed by atoms with Crippen molar-refractivity contribution in [3.05, 3.63) is 23.3 Å². The van der Waals surface area contributed by atoms with Crippen LogP contribution >= 0.6 is 0 Å². The smallest absolute Gasteiger partial charge is 0.238 e. The number of nitrogens with two attached hydrogens (primary N) is 1. The van der Waals surface area contributed by atoms with E-state index < -0.39 is 15.4 Å². The second-order valence-corrected chi connectivity index (χ2v) is 7.05. The molecule has 6 heteroatoms.